The van der Waals surface area contributed by atoms with Crippen LogP contribution in [-0.4, -0.2) is 39.9 Å². The summed E-state index contributed by atoms with van der Waals surface area (Å²) in [5.41, 5.74) is 1.71. The molecule has 0 bridgehead atoms. The van der Waals surface area contributed by atoms with Crippen LogP contribution in [0, 0.1) is 5.82 Å². The monoisotopic (exact) mass is 440 g/mol. The molecule has 32 heavy (non-hydrogen) atoms. The fourth-order valence-corrected chi connectivity index (χ4v) is 4.20. The number of para-hydroxylation sites is 2. The van der Waals surface area contributed by atoms with Gasteiger partial charge in [0.05, 0.1) is 29.8 Å². The van der Waals surface area contributed by atoms with Crippen molar-refractivity contribution in [2.75, 3.05) is 7.11 Å². The predicted octanol–water partition coefficient (Wildman–Crippen LogP) is 3.99. The first-order valence-electron chi connectivity index (χ1n) is 10.9. The Kier molecular flexibility index (Phi) is 6.32. The van der Waals surface area contributed by atoms with Crippen LogP contribution in [-0.2, 0) is 6.42 Å². The van der Waals surface area contributed by atoms with E-state index in [1.807, 2.05) is 31.2 Å². The van der Waals surface area contributed by atoms with E-state index in [-0.39, 0.29) is 17.8 Å². The number of hydrogen-bond acceptors (Lipinski definition) is 4. The zero-order valence-electron chi connectivity index (χ0n) is 18.3. The van der Waals surface area contributed by atoms with Crippen molar-refractivity contribution in [3.05, 3.63) is 59.7 Å². The van der Waals surface area contributed by atoms with Gasteiger partial charge in [0.15, 0.2) is 11.6 Å². The average Bonchev–Trinajstić information content (AvgIpc) is 3.19. The van der Waals surface area contributed by atoms with E-state index in [0.29, 0.717) is 30.7 Å². The minimum absolute atomic E-state index is 0.00461. The lowest BCUT2D eigenvalue weighted by atomic mass is 9.84. The van der Waals surface area contributed by atoms with Gasteiger partial charge in [-0.15, -0.1) is 0 Å². The lowest BCUT2D eigenvalue weighted by Gasteiger charge is -2.33. The number of aliphatic hydroxyl groups is 1. The summed E-state index contributed by atoms with van der Waals surface area (Å²) in [4.78, 5) is 20.7. The normalized spacial score (nSPS) is 21.8. The molecule has 3 aromatic rings. The van der Waals surface area contributed by atoms with E-state index in [9.17, 15) is 14.3 Å². The van der Waals surface area contributed by atoms with Crippen LogP contribution in [0.3, 0.4) is 0 Å². The van der Waals surface area contributed by atoms with Gasteiger partial charge in [0.2, 0.25) is 0 Å². The second kappa shape index (κ2) is 9.16. The summed E-state index contributed by atoms with van der Waals surface area (Å²) in [7, 11) is 1.42. The molecule has 0 spiro atoms. The van der Waals surface area contributed by atoms with Crippen LogP contribution < -0.4 is 15.4 Å². The number of H-pyrrole nitrogens is 1. The fourth-order valence-electron chi connectivity index (χ4n) is 4.20. The summed E-state index contributed by atoms with van der Waals surface area (Å²) >= 11 is 0. The van der Waals surface area contributed by atoms with E-state index in [0.717, 1.165) is 23.9 Å². The second-order valence-electron chi connectivity index (χ2n) is 8.75. The maximum absolute atomic E-state index is 14.2. The molecular weight excluding hydrogens is 411 g/mol. The second-order valence-corrected chi connectivity index (χ2v) is 8.75. The number of aromatic nitrogens is 2. The molecule has 0 radical (unpaired) electrons. The average molecular weight is 441 g/mol. The Morgan fingerprint density at radius 1 is 1.31 bits per heavy atom. The predicted molar refractivity (Wildman–Crippen MR) is 120 cm³/mol. The Labute approximate surface area is 186 Å². The smallest absolute Gasteiger partial charge is 0.315 e. The van der Waals surface area contributed by atoms with Gasteiger partial charge in [-0.05, 0) is 62.4 Å². The first-order chi connectivity index (χ1) is 15.3. The molecule has 1 aromatic heterocycles. The van der Waals surface area contributed by atoms with Gasteiger partial charge in [-0.3, -0.25) is 0 Å². The van der Waals surface area contributed by atoms with Crippen LogP contribution >= 0.6 is 0 Å². The van der Waals surface area contributed by atoms with Crippen molar-refractivity contribution < 1.29 is 19.0 Å². The molecule has 1 saturated carbocycles. The van der Waals surface area contributed by atoms with E-state index in [2.05, 4.69) is 20.6 Å². The van der Waals surface area contributed by atoms with E-state index in [1.165, 1.54) is 13.2 Å². The highest BCUT2D eigenvalue weighted by Crippen LogP contribution is 2.28. The minimum Gasteiger partial charge on any atom is -0.494 e. The Hall–Kier alpha value is -3.13. The highest BCUT2D eigenvalue weighted by Gasteiger charge is 2.30. The molecule has 1 fully saturated rings. The van der Waals surface area contributed by atoms with Gasteiger partial charge in [-0.1, -0.05) is 18.2 Å². The molecule has 2 amide bonds. The topological polar surface area (TPSA) is 99.3 Å². The van der Waals surface area contributed by atoms with E-state index in [1.54, 1.807) is 12.1 Å². The highest BCUT2D eigenvalue weighted by molar-refractivity contribution is 5.76. The lowest BCUT2D eigenvalue weighted by molar-refractivity contribution is 0.0151. The Morgan fingerprint density at radius 2 is 2.06 bits per heavy atom. The maximum atomic E-state index is 14.2. The third kappa shape index (κ3) is 5.19. The third-order valence-corrected chi connectivity index (χ3v) is 6.10. The molecule has 1 aliphatic rings. The van der Waals surface area contributed by atoms with Crippen molar-refractivity contribution in [3.63, 3.8) is 0 Å². The Morgan fingerprint density at radius 3 is 2.75 bits per heavy atom. The fraction of sp³-hybridized carbons (Fsp3) is 0.417. The third-order valence-electron chi connectivity index (χ3n) is 6.10. The number of imidazole rings is 1. The molecule has 1 atom stereocenters. The molecule has 7 nitrogen and oxygen atoms in total. The van der Waals surface area contributed by atoms with Crippen LogP contribution in [0.15, 0.2) is 42.5 Å². The van der Waals surface area contributed by atoms with Crippen molar-refractivity contribution >= 4 is 17.1 Å². The first kappa shape index (κ1) is 22.1. The van der Waals surface area contributed by atoms with Crippen molar-refractivity contribution in [3.8, 4) is 5.75 Å². The number of carbonyl (C=O) groups is 1. The maximum Gasteiger partial charge on any atom is 0.315 e. The van der Waals surface area contributed by atoms with Crippen LogP contribution in [0.2, 0.25) is 0 Å². The Balaban J connectivity index is 1.52. The van der Waals surface area contributed by atoms with E-state index >= 15 is 0 Å². The summed E-state index contributed by atoms with van der Waals surface area (Å²) in [6, 6.07) is 11.6. The zero-order valence-corrected chi connectivity index (χ0v) is 18.3. The van der Waals surface area contributed by atoms with Gasteiger partial charge >= 0.3 is 6.03 Å². The molecule has 1 unspecified atom stereocenters. The molecule has 4 N–H and O–H groups in total. The zero-order chi connectivity index (χ0) is 22.7. The van der Waals surface area contributed by atoms with Crippen molar-refractivity contribution in [1.82, 2.24) is 20.6 Å². The van der Waals surface area contributed by atoms with Gasteiger partial charge in [-0.2, -0.15) is 0 Å². The molecule has 1 aliphatic carbocycles. The van der Waals surface area contributed by atoms with Gasteiger partial charge in [0.25, 0.3) is 0 Å². The van der Waals surface area contributed by atoms with Crippen molar-refractivity contribution in [2.45, 2.75) is 56.7 Å². The molecule has 2 aromatic carbocycles. The Bertz CT molecular complexity index is 1050. The minimum atomic E-state index is -0.663. The molecular formula is C24H29FN4O3. The standard InChI is InChI=1S/C24H29FN4O3/c1-24(31)11-9-16(10-12-24)26-23(30)29-20(14-15-7-8-21(32-2)17(25)13-15)22-27-18-5-3-4-6-19(18)28-22/h3-8,13,16,20,31H,9-12,14H2,1-2H3,(H,27,28)(H2,26,29,30). The summed E-state index contributed by atoms with van der Waals surface area (Å²) < 4.78 is 19.2. The number of aromatic amines is 1. The first-order valence-corrected chi connectivity index (χ1v) is 10.9. The van der Waals surface area contributed by atoms with Gasteiger partial charge in [0, 0.05) is 12.5 Å². The number of carbonyl (C=O) groups excluding carboxylic acids is 1. The summed E-state index contributed by atoms with van der Waals surface area (Å²) in [6.45, 7) is 1.83. The largest absolute Gasteiger partial charge is 0.494 e. The number of fused-ring (bicyclic) bond motifs is 1. The molecule has 0 saturated heterocycles. The van der Waals surface area contributed by atoms with Crippen LogP contribution in [0.4, 0.5) is 9.18 Å². The number of methoxy groups -OCH3 is 1. The molecule has 0 aliphatic heterocycles. The van der Waals surface area contributed by atoms with E-state index in [4.69, 9.17) is 4.74 Å². The number of benzene rings is 2. The van der Waals surface area contributed by atoms with Crippen LogP contribution in [0.5, 0.6) is 5.75 Å². The number of amides is 2. The highest BCUT2D eigenvalue weighted by atomic mass is 19.1. The SMILES string of the molecule is COc1ccc(CC(NC(=O)NC2CCC(C)(O)CC2)c2nc3ccccc3[nH]2)cc1F. The lowest BCUT2D eigenvalue weighted by Crippen LogP contribution is -2.47. The molecule has 170 valence electrons. The van der Waals surface area contributed by atoms with Gasteiger partial charge in [0.1, 0.15) is 5.82 Å². The number of nitrogens with zero attached hydrogens (tertiary/aromatic N) is 1. The van der Waals surface area contributed by atoms with Crippen LogP contribution in [0.1, 0.15) is 50.0 Å². The number of nitrogens with one attached hydrogen (secondary N) is 3. The molecule has 4 rings (SSSR count). The summed E-state index contributed by atoms with van der Waals surface area (Å²) in [5, 5.41) is 16.1. The summed E-state index contributed by atoms with van der Waals surface area (Å²) in [6.07, 6.45) is 3.10. The molecule has 1 heterocycles. The van der Waals surface area contributed by atoms with Gasteiger partial charge < -0.3 is 25.5 Å². The number of ether oxygens (including phenoxy) is 1. The number of urea groups is 1. The van der Waals surface area contributed by atoms with E-state index < -0.39 is 17.5 Å². The van der Waals surface area contributed by atoms with Crippen molar-refractivity contribution in [2.24, 2.45) is 0 Å². The quantitative estimate of drug-likeness (QED) is 0.466. The van der Waals surface area contributed by atoms with Crippen molar-refractivity contribution in [1.29, 1.82) is 0 Å². The number of halogens is 1. The number of rotatable bonds is 6. The number of hydrogen-bond donors (Lipinski definition) is 4. The summed E-state index contributed by atoms with van der Waals surface area (Å²) in [5.74, 6) is 0.323. The van der Waals surface area contributed by atoms with Crippen LogP contribution in [0.25, 0.3) is 11.0 Å². The van der Waals surface area contributed by atoms with Gasteiger partial charge in [-0.25, -0.2) is 14.2 Å². The molecule has 8 heteroatoms.